The fourth-order valence-corrected chi connectivity index (χ4v) is 0.876. The molecule has 0 heterocycles. The first-order valence-corrected chi connectivity index (χ1v) is 3.50. The standard InChI is InChI=1S/C8H10N2O2/c1-9-6-3-2-4-7(5-6)10-8(11)12/h2-5,9-10H,1H3,(H,11,12). The van der Waals surface area contributed by atoms with Crippen molar-refractivity contribution >= 4 is 17.5 Å². The highest BCUT2D eigenvalue weighted by Crippen LogP contribution is 2.13. The lowest BCUT2D eigenvalue weighted by Crippen LogP contribution is -2.07. The topological polar surface area (TPSA) is 61.4 Å². The largest absolute Gasteiger partial charge is 0.465 e. The van der Waals surface area contributed by atoms with Crippen LogP contribution in [0.1, 0.15) is 0 Å². The number of benzene rings is 1. The fraction of sp³-hybridized carbons (Fsp3) is 0.125. The molecule has 0 radical (unpaired) electrons. The molecule has 12 heavy (non-hydrogen) atoms. The third-order valence-electron chi connectivity index (χ3n) is 1.40. The van der Waals surface area contributed by atoms with E-state index >= 15 is 0 Å². The summed E-state index contributed by atoms with van der Waals surface area (Å²) < 4.78 is 0. The van der Waals surface area contributed by atoms with Crippen LogP contribution < -0.4 is 10.6 Å². The van der Waals surface area contributed by atoms with Gasteiger partial charge in [-0.25, -0.2) is 4.79 Å². The molecule has 0 aliphatic rings. The van der Waals surface area contributed by atoms with Crippen molar-refractivity contribution in [1.82, 2.24) is 0 Å². The number of amides is 1. The summed E-state index contributed by atoms with van der Waals surface area (Å²) in [4.78, 5) is 10.2. The summed E-state index contributed by atoms with van der Waals surface area (Å²) in [7, 11) is 1.78. The Kier molecular flexibility index (Phi) is 2.53. The van der Waals surface area contributed by atoms with Gasteiger partial charge in [-0.1, -0.05) is 6.07 Å². The van der Waals surface area contributed by atoms with Crippen molar-refractivity contribution in [3.63, 3.8) is 0 Å². The van der Waals surface area contributed by atoms with Crippen molar-refractivity contribution in [3.8, 4) is 0 Å². The number of rotatable bonds is 2. The number of hydrogen-bond donors (Lipinski definition) is 3. The van der Waals surface area contributed by atoms with Gasteiger partial charge in [0, 0.05) is 18.4 Å². The summed E-state index contributed by atoms with van der Waals surface area (Å²) >= 11 is 0. The highest BCUT2D eigenvalue weighted by atomic mass is 16.4. The zero-order valence-corrected chi connectivity index (χ0v) is 6.66. The number of hydrogen-bond acceptors (Lipinski definition) is 2. The zero-order valence-electron chi connectivity index (χ0n) is 6.66. The van der Waals surface area contributed by atoms with E-state index in [1.807, 2.05) is 6.07 Å². The van der Waals surface area contributed by atoms with E-state index in [0.717, 1.165) is 5.69 Å². The van der Waals surface area contributed by atoms with Gasteiger partial charge in [-0.15, -0.1) is 0 Å². The molecular formula is C8H10N2O2. The molecule has 0 saturated carbocycles. The molecule has 4 heteroatoms. The van der Waals surface area contributed by atoms with Gasteiger partial charge in [0.1, 0.15) is 0 Å². The average Bonchev–Trinajstić information content (AvgIpc) is 2.03. The summed E-state index contributed by atoms with van der Waals surface area (Å²) in [5.41, 5.74) is 1.44. The Morgan fingerprint density at radius 3 is 2.67 bits per heavy atom. The maximum absolute atomic E-state index is 10.2. The Labute approximate surface area is 70.2 Å². The molecular weight excluding hydrogens is 156 g/mol. The molecule has 64 valence electrons. The Balaban J connectivity index is 2.79. The van der Waals surface area contributed by atoms with Crippen molar-refractivity contribution in [2.24, 2.45) is 0 Å². The summed E-state index contributed by atoms with van der Waals surface area (Å²) in [5, 5.41) is 13.6. The van der Waals surface area contributed by atoms with Crippen LogP contribution >= 0.6 is 0 Å². The second-order valence-electron chi connectivity index (χ2n) is 2.26. The highest BCUT2D eigenvalue weighted by Gasteiger charge is 1.96. The monoisotopic (exact) mass is 166 g/mol. The van der Waals surface area contributed by atoms with Crippen LogP contribution in [-0.4, -0.2) is 18.2 Å². The number of carboxylic acid groups (broad SMARTS) is 1. The SMILES string of the molecule is CNc1cccc(NC(=O)O)c1. The van der Waals surface area contributed by atoms with Crippen LogP contribution in [0.3, 0.4) is 0 Å². The molecule has 0 aliphatic carbocycles. The van der Waals surface area contributed by atoms with Gasteiger partial charge >= 0.3 is 6.09 Å². The van der Waals surface area contributed by atoms with Gasteiger partial charge in [0.15, 0.2) is 0 Å². The van der Waals surface area contributed by atoms with Crippen molar-refractivity contribution in [3.05, 3.63) is 24.3 Å². The van der Waals surface area contributed by atoms with Crippen molar-refractivity contribution in [2.75, 3.05) is 17.7 Å². The number of nitrogens with one attached hydrogen (secondary N) is 2. The molecule has 0 fully saturated rings. The molecule has 1 aromatic carbocycles. The molecule has 0 aliphatic heterocycles. The van der Waals surface area contributed by atoms with Crippen LogP contribution in [0.5, 0.6) is 0 Å². The van der Waals surface area contributed by atoms with E-state index in [2.05, 4.69) is 10.6 Å². The van der Waals surface area contributed by atoms with Gasteiger partial charge in [0.2, 0.25) is 0 Å². The molecule has 1 amide bonds. The minimum absolute atomic E-state index is 0.564. The van der Waals surface area contributed by atoms with Gasteiger partial charge in [-0.05, 0) is 18.2 Å². The van der Waals surface area contributed by atoms with E-state index in [1.54, 1.807) is 25.2 Å². The van der Waals surface area contributed by atoms with Crippen molar-refractivity contribution in [2.45, 2.75) is 0 Å². The van der Waals surface area contributed by atoms with E-state index in [4.69, 9.17) is 5.11 Å². The van der Waals surface area contributed by atoms with Gasteiger partial charge in [0.05, 0.1) is 0 Å². The quantitative estimate of drug-likeness (QED) is 0.628. The van der Waals surface area contributed by atoms with E-state index in [-0.39, 0.29) is 0 Å². The lowest BCUT2D eigenvalue weighted by Gasteiger charge is -2.03. The first-order valence-electron chi connectivity index (χ1n) is 3.50. The molecule has 4 nitrogen and oxygen atoms in total. The highest BCUT2D eigenvalue weighted by molar-refractivity contribution is 5.83. The van der Waals surface area contributed by atoms with Crippen molar-refractivity contribution < 1.29 is 9.90 Å². The molecule has 3 N–H and O–H groups in total. The Hall–Kier alpha value is -1.71. The summed E-state index contributed by atoms with van der Waals surface area (Å²) in [6.45, 7) is 0. The molecule has 1 rings (SSSR count). The smallest absolute Gasteiger partial charge is 0.409 e. The third-order valence-corrected chi connectivity index (χ3v) is 1.40. The first-order chi connectivity index (χ1) is 5.72. The lowest BCUT2D eigenvalue weighted by atomic mass is 10.3. The Morgan fingerprint density at radius 1 is 1.42 bits per heavy atom. The van der Waals surface area contributed by atoms with Crippen LogP contribution in [0, 0.1) is 0 Å². The average molecular weight is 166 g/mol. The van der Waals surface area contributed by atoms with Crippen LogP contribution in [-0.2, 0) is 0 Å². The van der Waals surface area contributed by atoms with Crippen LogP contribution in [0.15, 0.2) is 24.3 Å². The number of carbonyl (C=O) groups is 1. The second kappa shape index (κ2) is 3.61. The van der Waals surface area contributed by atoms with Gasteiger partial charge in [-0.2, -0.15) is 0 Å². The van der Waals surface area contributed by atoms with E-state index < -0.39 is 6.09 Å². The lowest BCUT2D eigenvalue weighted by molar-refractivity contribution is 0.210. The van der Waals surface area contributed by atoms with E-state index in [0.29, 0.717) is 5.69 Å². The van der Waals surface area contributed by atoms with E-state index in [1.165, 1.54) is 0 Å². The molecule has 1 aromatic rings. The van der Waals surface area contributed by atoms with Crippen LogP contribution in [0.25, 0.3) is 0 Å². The maximum atomic E-state index is 10.2. The molecule has 0 spiro atoms. The minimum atomic E-state index is -1.05. The zero-order chi connectivity index (χ0) is 8.97. The second-order valence-corrected chi connectivity index (χ2v) is 2.26. The Bertz CT molecular complexity index is 286. The molecule has 0 atom stereocenters. The molecule has 0 aromatic heterocycles. The summed E-state index contributed by atoms with van der Waals surface area (Å²) in [6, 6.07) is 7.03. The molecule has 0 unspecified atom stereocenters. The van der Waals surface area contributed by atoms with Gasteiger partial charge in [-0.3, -0.25) is 5.32 Å². The predicted molar refractivity (Wildman–Crippen MR) is 47.6 cm³/mol. The fourth-order valence-electron chi connectivity index (χ4n) is 0.876. The molecule has 0 bridgehead atoms. The van der Waals surface area contributed by atoms with Crippen LogP contribution in [0.4, 0.5) is 16.2 Å². The predicted octanol–water partition coefficient (Wildman–Crippen LogP) is 1.82. The number of anilines is 2. The summed E-state index contributed by atoms with van der Waals surface area (Å²) in [5.74, 6) is 0. The van der Waals surface area contributed by atoms with Gasteiger partial charge in [0.25, 0.3) is 0 Å². The first kappa shape index (κ1) is 8.39. The Morgan fingerprint density at radius 2 is 2.08 bits per heavy atom. The van der Waals surface area contributed by atoms with Crippen LogP contribution in [0.2, 0.25) is 0 Å². The van der Waals surface area contributed by atoms with Crippen molar-refractivity contribution in [1.29, 1.82) is 0 Å². The minimum Gasteiger partial charge on any atom is -0.465 e. The molecule has 0 saturated heterocycles. The third kappa shape index (κ3) is 2.16. The normalized spacial score (nSPS) is 9.08. The summed E-state index contributed by atoms with van der Waals surface area (Å²) in [6.07, 6.45) is -1.05. The maximum Gasteiger partial charge on any atom is 0.409 e. The van der Waals surface area contributed by atoms with Gasteiger partial charge < -0.3 is 10.4 Å². The van der Waals surface area contributed by atoms with E-state index in [9.17, 15) is 4.79 Å².